The van der Waals surface area contributed by atoms with Gasteiger partial charge >= 0.3 is 5.69 Å². The van der Waals surface area contributed by atoms with Gasteiger partial charge in [-0.15, -0.1) is 0 Å². The Morgan fingerprint density at radius 1 is 0.892 bits per heavy atom. The minimum absolute atomic E-state index is 0.0708. The number of ether oxygens (including phenoxy) is 1. The minimum atomic E-state index is -0.722. The Kier molecular flexibility index (Phi) is 7.35. The fourth-order valence-electron chi connectivity index (χ4n) is 5.91. The quantitative estimate of drug-likeness (QED) is 0.564. The number of aryl methyl sites for hydroxylation is 1. The number of piperazine rings is 1. The van der Waals surface area contributed by atoms with Crippen molar-refractivity contribution in [2.75, 3.05) is 40.0 Å². The molecule has 1 aliphatic heterocycles. The zero-order valence-electron chi connectivity index (χ0n) is 21.4. The number of hydrogen-bond acceptors (Lipinski definition) is 5. The highest BCUT2D eigenvalue weighted by Gasteiger charge is 2.36. The van der Waals surface area contributed by atoms with Crippen molar-refractivity contribution in [2.24, 2.45) is 17.8 Å². The van der Waals surface area contributed by atoms with Crippen molar-refractivity contribution in [3.8, 4) is 5.75 Å². The first-order valence-corrected chi connectivity index (χ1v) is 13.4. The number of benzene rings is 1. The monoisotopic (exact) mass is 514 g/mol. The fraction of sp³-hybridized carbons (Fsp3) is 0.630. The number of fused-ring (bicyclic) bond motifs is 1. The van der Waals surface area contributed by atoms with Gasteiger partial charge in [-0.25, -0.2) is 9.18 Å². The number of carbonyl (C=O) groups is 2. The molecule has 0 unspecified atom stereocenters. The highest BCUT2D eigenvalue weighted by atomic mass is 19.1. The van der Waals surface area contributed by atoms with Crippen molar-refractivity contribution in [3.05, 3.63) is 39.0 Å². The molecule has 0 N–H and O–H groups in total. The van der Waals surface area contributed by atoms with Crippen molar-refractivity contribution in [2.45, 2.75) is 51.6 Å². The lowest BCUT2D eigenvalue weighted by Crippen LogP contribution is -2.52. The summed E-state index contributed by atoms with van der Waals surface area (Å²) >= 11 is 0. The Bertz CT molecular complexity index is 1280. The predicted octanol–water partition coefficient (Wildman–Crippen LogP) is 2.03. The van der Waals surface area contributed by atoms with Gasteiger partial charge in [0.25, 0.3) is 5.56 Å². The maximum Gasteiger partial charge on any atom is 0.331 e. The van der Waals surface area contributed by atoms with Crippen molar-refractivity contribution >= 4 is 22.7 Å². The molecule has 0 radical (unpaired) electrons. The van der Waals surface area contributed by atoms with Crippen LogP contribution < -0.4 is 16.0 Å². The van der Waals surface area contributed by atoms with Crippen LogP contribution in [-0.2, 0) is 22.7 Å². The third kappa shape index (κ3) is 5.02. The molecule has 0 spiro atoms. The number of nitrogens with zero attached hydrogens (tertiary/aromatic N) is 4. The lowest BCUT2D eigenvalue weighted by molar-refractivity contribution is -0.143. The summed E-state index contributed by atoms with van der Waals surface area (Å²) in [5.74, 6) is 0.952. The van der Waals surface area contributed by atoms with E-state index in [1.165, 1.54) is 16.2 Å². The van der Waals surface area contributed by atoms with Crippen LogP contribution in [0.15, 0.2) is 27.8 Å². The number of hydrogen-bond donors (Lipinski definition) is 0. The third-order valence-electron chi connectivity index (χ3n) is 8.21. The van der Waals surface area contributed by atoms with Crippen molar-refractivity contribution in [1.82, 2.24) is 18.9 Å². The molecule has 10 heteroatoms. The molecule has 1 aromatic heterocycles. The summed E-state index contributed by atoms with van der Waals surface area (Å²) in [5, 5.41) is 0.279. The van der Waals surface area contributed by atoms with E-state index in [2.05, 4.69) is 0 Å². The van der Waals surface area contributed by atoms with Crippen LogP contribution in [0.5, 0.6) is 5.75 Å². The van der Waals surface area contributed by atoms with Crippen molar-refractivity contribution in [3.63, 3.8) is 0 Å². The maximum atomic E-state index is 13.3. The Morgan fingerprint density at radius 2 is 1.46 bits per heavy atom. The van der Waals surface area contributed by atoms with Crippen LogP contribution in [0.4, 0.5) is 4.39 Å². The van der Waals surface area contributed by atoms with Gasteiger partial charge in [-0.1, -0.05) is 6.07 Å². The minimum Gasteiger partial charge on any atom is -0.496 e. The van der Waals surface area contributed by atoms with E-state index in [9.17, 15) is 23.6 Å². The van der Waals surface area contributed by atoms with Gasteiger partial charge in [0.1, 0.15) is 17.8 Å². The molecule has 2 amide bonds. The summed E-state index contributed by atoms with van der Waals surface area (Å²) in [6.45, 7) is 1.76. The molecule has 5 rings (SSSR count). The van der Waals surface area contributed by atoms with E-state index in [1.54, 1.807) is 18.2 Å². The highest BCUT2D eigenvalue weighted by Crippen LogP contribution is 2.33. The van der Waals surface area contributed by atoms with E-state index in [4.69, 9.17) is 4.74 Å². The number of alkyl halides is 1. The first-order valence-electron chi connectivity index (χ1n) is 13.4. The molecule has 1 saturated heterocycles. The number of aromatic nitrogens is 2. The van der Waals surface area contributed by atoms with Crippen LogP contribution in [0.2, 0.25) is 0 Å². The van der Waals surface area contributed by atoms with Gasteiger partial charge in [0.05, 0.1) is 19.2 Å². The molecular weight excluding hydrogens is 479 g/mol. The summed E-state index contributed by atoms with van der Waals surface area (Å²) < 4.78 is 21.2. The van der Waals surface area contributed by atoms with E-state index in [0.29, 0.717) is 50.3 Å². The largest absolute Gasteiger partial charge is 0.496 e. The highest BCUT2D eigenvalue weighted by molar-refractivity contribution is 5.84. The average Bonchev–Trinajstić information content (AvgIpc) is 3.78. The summed E-state index contributed by atoms with van der Waals surface area (Å²) in [5.41, 5.74) is -0.568. The summed E-state index contributed by atoms with van der Waals surface area (Å²) in [6.07, 6.45) is 4.85. The molecule has 1 aromatic carbocycles. The summed E-state index contributed by atoms with van der Waals surface area (Å²) in [6, 6.07) is 4.98. The topological polar surface area (TPSA) is 93.8 Å². The van der Waals surface area contributed by atoms with Gasteiger partial charge in [-0.2, -0.15) is 0 Å². The second-order valence-corrected chi connectivity index (χ2v) is 10.5. The Labute approximate surface area is 214 Å². The summed E-state index contributed by atoms with van der Waals surface area (Å²) in [4.78, 5) is 55.8. The fourth-order valence-corrected chi connectivity index (χ4v) is 5.91. The number of rotatable bonds is 7. The van der Waals surface area contributed by atoms with Gasteiger partial charge in [0.2, 0.25) is 11.8 Å². The summed E-state index contributed by atoms with van der Waals surface area (Å²) in [7, 11) is 1.46. The Morgan fingerprint density at radius 3 is 1.97 bits per heavy atom. The lowest BCUT2D eigenvalue weighted by atomic mass is 9.81. The van der Waals surface area contributed by atoms with E-state index in [0.717, 1.165) is 25.7 Å². The van der Waals surface area contributed by atoms with Crippen LogP contribution in [0, 0.1) is 17.8 Å². The van der Waals surface area contributed by atoms with Crippen LogP contribution in [0.1, 0.15) is 38.5 Å². The molecule has 2 saturated carbocycles. The molecule has 9 nitrogen and oxygen atoms in total. The van der Waals surface area contributed by atoms with Gasteiger partial charge in [0, 0.05) is 44.6 Å². The molecule has 3 aliphatic rings. The zero-order chi connectivity index (χ0) is 26.1. The zero-order valence-corrected chi connectivity index (χ0v) is 21.4. The van der Waals surface area contributed by atoms with Crippen LogP contribution >= 0.6 is 0 Å². The van der Waals surface area contributed by atoms with Crippen LogP contribution in [0.3, 0.4) is 0 Å². The Hall–Kier alpha value is -3.17. The molecule has 3 fully saturated rings. The normalized spacial score (nSPS) is 22.3. The molecule has 200 valence electrons. The Balaban J connectivity index is 1.24. The lowest BCUT2D eigenvalue weighted by Gasteiger charge is -2.38. The molecule has 0 atom stereocenters. The number of amides is 2. The smallest absolute Gasteiger partial charge is 0.331 e. The number of carbonyl (C=O) groups excluding carboxylic acids is 2. The van der Waals surface area contributed by atoms with Gasteiger partial charge in [-0.3, -0.25) is 23.5 Å². The van der Waals surface area contributed by atoms with E-state index in [-0.39, 0.29) is 48.0 Å². The SMILES string of the molecule is COc1cccc2c1c(=O)n(CC1CCC(C(=O)N3CCN(C(=O)C4CC4)CC3)CC1)c(=O)n2CCF. The second kappa shape index (κ2) is 10.7. The maximum absolute atomic E-state index is 13.3. The molecule has 2 aliphatic carbocycles. The molecular formula is C27H35FN4O5. The van der Waals surface area contributed by atoms with Gasteiger partial charge < -0.3 is 14.5 Å². The first kappa shape index (κ1) is 25.5. The van der Waals surface area contributed by atoms with Gasteiger partial charge in [-0.05, 0) is 56.6 Å². The molecule has 37 heavy (non-hydrogen) atoms. The standard InChI is InChI=1S/C27H35FN4O5/c1-37-22-4-2-3-21-23(22)26(35)32(27(36)31(21)12-11-28)17-18-5-7-19(8-6-18)24(33)29-13-15-30(16-14-29)25(34)20-9-10-20/h2-4,18-20H,5-17H2,1H3. The van der Waals surface area contributed by atoms with Crippen LogP contribution in [0.25, 0.3) is 10.9 Å². The average molecular weight is 515 g/mol. The van der Waals surface area contributed by atoms with E-state index >= 15 is 0 Å². The number of halogens is 1. The van der Waals surface area contributed by atoms with Crippen molar-refractivity contribution in [1.29, 1.82) is 0 Å². The van der Waals surface area contributed by atoms with Crippen molar-refractivity contribution < 1.29 is 18.7 Å². The van der Waals surface area contributed by atoms with Gasteiger partial charge in [0.15, 0.2) is 0 Å². The van der Waals surface area contributed by atoms with E-state index < -0.39 is 17.9 Å². The first-order chi connectivity index (χ1) is 17.9. The molecule has 2 heterocycles. The third-order valence-corrected chi connectivity index (χ3v) is 8.21. The second-order valence-electron chi connectivity index (χ2n) is 10.5. The van der Waals surface area contributed by atoms with Crippen LogP contribution in [-0.4, -0.2) is 70.7 Å². The van der Waals surface area contributed by atoms with E-state index in [1.807, 2.05) is 9.80 Å². The molecule has 2 aromatic rings. The number of methoxy groups -OCH3 is 1. The molecule has 0 bridgehead atoms. The predicted molar refractivity (Wildman–Crippen MR) is 136 cm³/mol.